The lowest BCUT2D eigenvalue weighted by Gasteiger charge is -1.92. The molecule has 2 aromatic rings. The maximum Gasteiger partial charge on any atom is 0.107 e. The van der Waals surface area contributed by atoms with E-state index < -0.39 is 0 Å². The van der Waals surface area contributed by atoms with Crippen LogP contribution in [0.2, 0.25) is 0 Å². The summed E-state index contributed by atoms with van der Waals surface area (Å²) in [5, 5.41) is 7.39. The molecule has 2 heterocycles. The molecule has 0 spiro atoms. The minimum atomic E-state index is 0.826. The van der Waals surface area contributed by atoms with E-state index in [0.29, 0.717) is 0 Å². The van der Waals surface area contributed by atoms with Crippen molar-refractivity contribution in [3.05, 3.63) is 20.3 Å². The third kappa shape index (κ3) is 2.25. The Kier molecular flexibility index (Phi) is 3.14. The molecular weight excluding hydrogens is 226 g/mol. The molecule has 2 aromatic heterocycles. The Morgan fingerprint density at radius 3 is 2.73 bits per heavy atom. The number of nitrogens with zero attached hydrogens (tertiary/aromatic N) is 2. The van der Waals surface area contributed by atoms with Gasteiger partial charge in [0.2, 0.25) is 0 Å². The first-order valence-electron chi connectivity index (χ1n) is 4.74. The fourth-order valence-electron chi connectivity index (χ4n) is 1.42. The summed E-state index contributed by atoms with van der Waals surface area (Å²) < 4.78 is 0. The van der Waals surface area contributed by atoms with Crippen LogP contribution in [-0.4, -0.2) is 17.0 Å². The zero-order chi connectivity index (χ0) is 10.8. The Bertz CT molecular complexity index is 459. The smallest absolute Gasteiger partial charge is 0.107 e. The van der Waals surface area contributed by atoms with E-state index in [9.17, 15) is 0 Å². The Labute approximate surface area is 97.2 Å². The zero-order valence-electron chi connectivity index (χ0n) is 9.00. The summed E-state index contributed by atoms with van der Waals surface area (Å²) in [5.41, 5.74) is 2.04. The van der Waals surface area contributed by atoms with Crippen molar-refractivity contribution in [1.82, 2.24) is 15.3 Å². The van der Waals surface area contributed by atoms with Crippen LogP contribution in [0, 0.1) is 13.8 Å². The van der Waals surface area contributed by atoms with E-state index in [-0.39, 0.29) is 0 Å². The highest BCUT2D eigenvalue weighted by Crippen LogP contribution is 2.27. The molecule has 0 atom stereocenters. The van der Waals surface area contributed by atoms with Crippen LogP contribution in [0.4, 0.5) is 0 Å². The average molecular weight is 239 g/mol. The fraction of sp³-hybridized carbons (Fsp3) is 0.400. The van der Waals surface area contributed by atoms with Crippen LogP contribution in [0.1, 0.15) is 14.9 Å². The van der Waals surface area contributed by atoms with Gasteiger partial charge in [-0.05, 0) is 20.9 Å². The van der Waals surface area contributed by atoms with Crippen molar-refractivity contribution in [2.24, 2.45) is 0 Å². The van der Waals surface area contributed by atoms with Gasteiger partial charge in [-0.25, -0.2) is 9.97 Å². The molecule has 0 aliphatic heterocycles. The van der Waals surface area contributed by atoms with Gasteiger partial charge in [0, 0.05) is 16.8 Å². The summed E-state index contributed by atoms with van der Waals surface area (Å²) in [7, 11) is 1.93. The normalized spacial score (nSPS) is 10.9. The lowest BCUT2D eigenvalue weighted by molar-refractivity contribution is 0.810. The Hall–Kier alpha value is -0.780. The first kappa shape index (κ1) is 10.7. The van der Waals surface area contributed by atoms with Gasteiger partial charge in [-0.3, -0.25) is 0 Å². The van der Waals surface area contributed by atoms with Crippen molar-refractivity contribution in [2.75, 3.05) is 7.05 Å². The van der Waals surface area contributed by atoms with Gasteiger partial charge in [0.15, 0.2) is 0 Å². The molecule has 80 valence electrons. The lowest BCUT2D eigenvalue weighted by Crippen LogP contribution is -2.04. The highest BCUT2D eigenvalue weighted by molar-refractivity contribution is 7.12. The van der Waals surface area contributed by atoms with Crippen molar-refractivity contribution < 1.29 is 0 Å². The van der Waals surface area contributed by atoms with Crippen LogP contribution in [0.3, 0.4) is 0 Å². The number of hydrogen-bond acceptors (Lipinski definition) is 5. The highest BCUT2D eigenvalue weighted by Gasteiger charge is 2.10. The minimum absolute atomic E-state index is 0.826. The predicted octanol–water partition coefficient (Wildman–Crippen LogP) is 2.60. The van der Waals surface area contributed by atoms with E-state index in [1.807, 2.05) is 14.0 Å². The first-order valence-corrected chi connectivity index (χ1v) is 6.43. The van der Waals surface area contributed by atoms with Crippen molar-refractivity contribution >= 4 is 22.7 Å². The van der Waals surface area contributed by atoms with E-state index in [1.165, 1.54) is 4.88 Å². The largest absolute Gasteiger partial charge is 0.314 e. The molecule has 0 saturated heterocycles. The van der Waals surface area contributed by atoms with Gasteiger partial charge >= 0.3 is 0 Å². The molecule has 15 heavy (non-hydrogen) atoms. The topological polar surface area (TPSA) is 37.8 Å². The molecule has 3 nitrogen and oxygen atoms in total. The number of thiazole rings is 2. The molecule has 0 amide bonds. The van der Waals surface area contributed by atoms with E-state index in [4.69, 9.17) is 0 Å². The van der Waals surface area contributed by atoms with Gasteiger partial charge in [-0.15, -0.1) is 22.7 Å². The Morgan fingerprint density at radius 1 is 1.33 bits per heavy atom. The standard InChI is InChI=1S/C10H13N3S2/c1-6-10(12-7(2)15-6)8-5-14-9(13-8)4-11-3/h5,11H,4H2,1-3H3. The number of nitrogens with one attached hydrogen (secondary N) is 1. The average Bonchev–Trinajstić information content (AvgIpc) is 2.73. The van der Waals surface area contributed by atoms with Crippen LogP contribution >= 0.6 is 22.7 Å². The quantitative estimate of drug-likeness (QED) is 0.894. The van der Waals surface area contributed by atoms with Crippen LogP contribution in [0.5, 0.6) is 0 Å². The van der Waals surface area contributed by atoms with E-state index in [2.05, 4.69) is 27.6 Å². The molecule has 0 fully saturated rings. The van der Waals surface area contributed by atoms with Gasteiger partial charge in [-0.1, -0.05) is 0 Å². The van der Waals surface area contributed by atoms with Crippen LogP contribution < -0.4 is 5.32 Å². The summed E-state index contributed by atoms with van der Waals surface area (Å²) >= 11 is 3.40. The maximum atomic E-state index is 4.54. The Morgan fingerprint density at radius 2 is 2.13 bits per heavy atom. The van der Waals surface area contributed by atoms with Gasteiger partial charge in [-0.2, -0.15) is 0 Å². The van der Waals surface area contributed by atoms with Crippen molar-refractivity contribution in [2.45, 2.75) is 20.4 Å². The number of aromatic nitrogens is 2. The first-order chi connectivity index (χ1) is 7.20. The van der Waals surface area contributed by atoms with E-state index in [1.54, 1.807) is 22.7 Å². The molecular formula is C10H13N3S2. The molecule has 5 heteroatoms. The van der Waals surface area contributed by atoms with Crippen molar-refractivity contribution in [1.29, 1.82) is 0 Å². The van der Waals surface area contributed by atoms with Crippen LogP contribution in [-0.2, 0) is 6.54 Å². The third-order valence-electron chi connectivity index (χ3n) is 2.03. The SMILES string of the molecule is CNCc1nc(-c2nc(C)sc2C)cs1. The van der Waals surface area contributed by atoms with Crippen molar-refractivity contribution in [3.8, 4) is 11.4 Å². The lowest BCUT2D eigenvalue weighted by atomic mass is 10.3. The molecule has 0 aliphatic carbocycles. The summed E-state index contributed by atoms with van der Waals surface area (Å²) in [5.74, 6) is 0. The summed E-state index contributed by atoms with van der Waals surface area (Å²) in [6.45, 7) is 4.95. The molecule has 0 unspecified atom stereocenters. The molecule has 0 aliphatic rings. The molecule has 2 rings (SSSR count). The summed E-state index contributed by atoms with van der Waals surface area (Å²) in [6, 6.07) is 0. The number of aryl methyl sites for hydroxylation is 2. The summed E-state index contributed by atoms with van der Waals surface area (Å²) in [6.07, 6.45) is 0. The summed E-state index contributed by atoms with van der Waals surface area (Å²) in [4.78, 5) is 10.3. The monoisotopic (exact) mass is 239 g/mol. The highest BCUT2D eigenvalue weighted by atomic mass is 32.1. The minimum Gasteiger partial charge on any atom is -0.314 e. The van der Waals surface area contributed by atoms with Gasteiger partial charge in [0.25, 0.3) is 0 Å². The number of rotatable bonds is 3. The van der Waals surface area contributed by atoms with E-state index >= 15 is 0 Å². The molecule has 0 bridgehead atoms. The second kappa shape index (κ2) is 4.38. The van der Waals surface area contributed by atoms with Gasteiger partial charge in [0.05, 0.1) is 5.01 Å². The molecule has 0 radical (unpaired) electrons. The van der Waals surface area contributed by atoms with E-state index in [0.717, 1.165) is 27.9 Å². The fourth-order valence-corrected chi connectivity index (χ4v) is 3.04. The van der Waals surface area contributed by atoms with Gasteiger partial charge < -0.3 is 5.32 Å². The Balaban J connectivity index is 2.32. The molecule has 0 saturated carbocycles. The second-order valence-electron chi connectivity index (χ2n) is 3.29. The van der Waals surface area contributed by atoms with Crippen LogP contribution in [0.25, 0.3) is 11.4 Å². The molecule has 0 aromatic carbocycles. The molecule has 1 N–H and O–H groups in total. The zero-order valence-corrected chi connectivity index (χ0v) is 10.6. The second-order valence-corrected chi connectivity index (χ2v) is 5.64. The predicted molar refractivity (Wildman–Crippen MR) is 65.5 cm³/mol. The third-order valence-corrected chi connectivity index (χ3v) is 3.76. The maximum absolute atomic E-state index is 4.54. The van der Waals surface area contributed by atoms with Gasteiger partial charge in [0.1, 0.15) is 16.4 Å². The number of hydrogen-bond donors (Lipinski definition) is 1. The van der Waals surface area contributed by atoms with Crippen LogP contribution in [0.15, 0.2) is 5.38 Å². The van der Waals surface area contributed by atoms with Crippen molar-refractivity contribution in [3.63, 3.8) is 0 Å².